The zero-order valence-corrected chi connectivity index (χ0v) is 17.0. The fourth-order valence-corrected chi connectivity index (χ4v) is 2.73. The molecule has 0 bridgehead atoms. The first-order valence-electron chi connectivity index (χ1n) is 10.0. The third-order valence-corrected chi connectivity index (χ3v) is 4.52. The Morgan fingerprint density at radius 2 is 2.03 bits per heavy atom. The van der Waals surface area contributed by atoms with Gasteiger partial charge in [-0.25, -0.2) is 14.8 Å². The zero-order chi connectivity index (χ0) is 21.6. The van der Waals surface area contributed by atoms with Gasteiger partial charge >= 0.3 is 12.0 Å². The Balaban J connectivity index is 1.32. The zero-order valence-electron chi connectivity index (χ0n) is 17.0. The van der Waals surface area contributed by atoms with Crippen molar-refractivity contribution in [3.05, 3.63) is 48.8 Å². The highest BCUT2D eigenvalue weighted by atomic mass is 16.6. The highest BCUT2D eigenvalue weighted by Gasteiger charge is 2.22. The molecule has 1 aromatic carbocycles. The van der Waals surface area contributed by atoms with Crippen molar-refractivity contribution in [3.8, 4) is 34.8 Å². The largest absolute Gasteiger partial charge is 0.493 e. The first-order valence-corrected chi connectivity index (χ1v) is 10.0. The van der Waals surface area contributed by atoms with Crippen molar-refractivity contribution in [2.45, 2.75) is 25.8 Å². The second-order valence-corrected chi connectivity index (χ2v) is 7.36. The summed E-state index contributed by atoms with van der Waals surface area (Å²) in [6, 6.07) is 10.6. The van der Waals surface area contributed by atoms with Gasteiger partial charge < -0.3 is 29.1 Å². The van der Waals surface area contributed by atoms with E-state index in [2.05, 4.69) is 15.3 Å². The molecule has 1 fully saturated rings. The summed E-state index contributed by atoms with van der Waals surface area (Å²) < 4.78 is 22.5. The molecule has 9 nitrogen and oxygen atoms in total. The fraction of sp³-hybridized carbons (Fsp3) is 0.318. The molecular weight excluding hydrogens is 402 g/mol. The summed E-state index contributed by atoms with van der Waals surface area (Å²) in [7, 11) is 0. The number of carbonyl (C=O) groups is 1. The highest BCUT2D eigenvalue weighted by molar-refractivity contribution is 5.64. The van der Waals surface area contributed by atoms with Gasteiger partial charge in [-0.05, 0) is 43.9 Å². The van der Waals surface area contributed by atoms with Crippen molar-refractivity contribution >= 4 is 6.09 Å². The van der Waals surface area contributed by atoms with E-state index in [1.807, 2.05) is 24.3 Å². The number of benzene rings is 1. The Labute approximate surface area is 179 Å². The van der Waals surface area contributed by atoms with Gasteiger partial charge in [0.2, 0.25) is 11.8 Å². The Kier molecular flexibility index (Phi) is 6.21. The number of ether oxygens (including phenoxy) is 3. The maximum absolute atomic E-state index is 10.6. The van der Waals surface area contributed by atoms with Crippen molar-refractivity contribution in [2.75, 3.05) is 13.2 Å². The lowest BCUT2D eigenvalue weighted by Gasteiger charge is -2.10. The van der Waals surface area contributed by atoms with Crippen LogP contribution in [-0.2, 0) is 0 Å². The van der Waals surface area contributed by atoms with E-state index in [0.29, 0.717) is 29.0 Å². The number of nitrogens with one attached hydrogen (secondary N) is 1. The molecule has 2 heterocycles. The van der Waals surface area contributed by atoms with Crippen LogP contribution in [0.2, 0.25) is 0 Å². The van der Waals surface area contributed by atoms with Crippen LogP contribution in [0.3, 0.4) is 0 Å². The lowest BCUT2D eigenvalue weighted by Crippen LogP contribution is -2.35. The summed E-state index contributed by atoms with van der Waals surface area (Å²) in [4.78, 5) is 19.1. The normalized spacial score (nSPS) is 14.0. The Hall–Kier alpha value is -3.75. The smallest absolute Gasteiger partial charge is 0.404 e. The Morgan fingerprint density at radius 3 is 2.77 bits per heavy atom. The summed E-state index contributed by atoms with van der Waals surface area (Å²) >= 11 is 0. The van der Waals surface area contributed by atoms with Gasteiger partial charge in [0.05, 0.1) is 18.2 Å². The molecule has 1 unspecified atom stereocenters. The molecule has 2 N–H and O–H groups in total. The van der Waals surface area contributed by atoms with Crippen LogP contribution in [0.25, 0.3) is 11.5 Å². The van der Waals surface area contributed by atoms with E-state index < -0.39 is 6.09 Å². The van der Waals surface area contributed by atoms with Gasteiger partial charge in [0.25, 0.3) is 0 Å². The number of pyridine rings is 1. The maximum atomic E-state index is 10.6. The molecule has 2 aromatic heterocycles. The molecule has 1 aliphatic carbocycles. The van der Waals surface area contributed by atoms with Crippen molar-refractivity contribution in [2.24, 2.45) is 5.92 Å². The molecular formula is C22H23N3O6. The number of amides is 1. The molecule has 1 saturated carbocycles. The number of aromatic nitrogens is 2. The predicted octanol–water partition coefficient (Wildman–Crippen LogP) is 4.35. The van der Waals surface area contributed by atoms with Gasteiger partial charge in [0.15, 0.2) is 0 Å². The molecule has 0 spiro atoms. The summed E-state index contributed by atoms with van der Waals surface area (Å²) in [5.74, 6) is 3.07. The SMILES string of the molecule is CC(COc1cnc(-c2ccc(Oc3cccc(OCC4CC4)c3)nc2)o1)NC(=O)O. The van der Waals surface area contributed by atoms with Crippen molar-refractivity contribution in [3.63, 3.8) is 0 Å². The first kappa shape index (κ1) is 20.5. The van der Waals surface area contributed by atoms with Gasteiger partial charge in [-0.3, -0.25) is 0 Å². The third-order valence-electron chi connectivity index (χ3n) is 4.52. The fourth-order valence-electron chi connectivity index (χ4n) is 2.73. The Bertz CT molecular complexity index is 1020. The molecule has 3 aromatic rings. The van der Waals surface area contributed by atoms with Crippen LogP contribution in [0, 0.1) is 5.92 Å². The number of oxazole rings is 1. The molecule has 31 heavy (non-hydrogen) atoms. The number of nitrogens with zero attached hydrogens (tertiary/aromatic N) is 2. The number of hydrogen-bond donors (Lipinski definition) is 2. The third kappa shape index (κ3) is 6.11. The summed E-state index contributed by atoms with van der Waals surface area (Å²) in [6.45, 7) is 2.55. The van der Waals surface area contributed by atoms with Crippen LogP contribution in [0.1, 0.15) is 19.8 Å². The molecule has 1 amide bonds. The first-order chi connectivity index (χ1) is 15.0. The van der Waals surface area contributed by atoms with Crippen LogP contribution >= 0.6 is 0 Å². The number of rotatable bonds is 10. The van der Waals surface area contributed by atoms with Gasteiger partial charge in [0, 0.05) is 18.3 Å². The summed E-state index contributed by atoms with van der Waals surface area (Å²) in [5, 5.41) is 11.0. The lowest BCUT2D eigenvalue weighted by molar-refractivity contribution is 0.176. The van der Waals surface area contributed by atoms with E-state index in [4.69, 9.17) is 23.7 Å². The molecule has 1 atom stereocenters. The quantitative estimate of drug-likeness (QED) is 0.492. The average molecular weight is 425 g/mol. The monoisotopic (exact) mass is 425 g/mol. The highest BCUT2D eigenvalue weighted by Crippen LogP contribution is 2.31. The van der Waals surface area contributed by atoms with Gasteiger partial charge in [0.1, 0.15) is 24.3 Å². The van der Waals surface area contributed by atoms with E-state index >= 15 is 0 Å². The van der Waals surface area contributed by atoms with E-state index in [1.165, 1.54) is 19.0 Å². The minimum Gasteiger partial charge on any atom is -0.493 e. The molecule has 0 aliphatic heterocycles. The van der Waals surface area contributed by atoms with Crippen LogP contribution in [0.15, 0.2) is 53.2 Å². The van der Waals surface area contributed by atoms with Gasteiger partial charge in [-0.1, -0.05) is 6.07 Å². The van der Waals surface area contributed by atoms with E-state index in [-0.39, 0.29) is 18.6 Å². The molecule has 0 saturated heterocycles. The van der Waals surface area contributed by atoms with Gasteiger partial charge in [-0.2, -0.15) is 0 Å². The predicted molar refractivity (Wildman–Crippen MR) is 111 cm³/mol. The molecule has 162 valence electrons. The molecule has 4 rings (SSSR count). The Morgan fingerprint density at radius 1 is 1.19 bits per heavy atom. The molecule has 0 radical (unpaired) electrons. The number of carboxylic acid groups (broad SMARTS) is 1. The maximum Gasteiger partial charge on any atom is 0.404 e. The van der Waals surface area contributed by atoms with Crippen molar-refractivity contribution < 1.29 is 28.5 Å². The minimum absolute atomic E-state index is 0.120. The minimum atomic E-state index is -1.11. The standard InChI is InChI=1S/C22H23N3O6/c1-14(25-22(26)27)12-29-20-11-24-21(31-20)16-7-8-19(23-10-16)30-18-4-2-3-17(9-18)28-13-15-5-6-15/h2-4,7-11,14-15,25H,5-6,12-13H2,1H3,(H,26,27). The van der Waals surface area contributed by atoms with E-state index in [0.717, 1.165) is 12.4 Å². The second-order valence-electron chi connectivity index (χ2n) is 7.36. The van der Waals surface area contributed by atoms with Crippen LogP contribution in [0.5, 0.6) is 23.3 Å². The lowest BCUT2D eigenvalue weighted by atomic mass is 10.3. The summed E-state index contributed by atoms with van der Waals surface area (Å²) in [6.07, 6.45) is 4.39. The van der Waals surface area contributed by atoms with E-state index in [9.17, 15) is 4.79 Å². The van der Waals surface area contributed by atoms with Crippen LogP contribution < -0.4 is 19.5 Å². The summed E-state index contributed by atoms with van der Waals surface area (Å²) in [5.41, 5.74) is 0.653. The van der Waals surface area contributed by atoms with Crippen LogP contribution in [-0.4, -0.2) is 40.4 Å². The molecule has 9 heteroatoms. The average Bonchev–Trinajstić information content (AvgIpc) is 3.47. The van der Waals surface area contributed by atoms with E-state index in [1.54, 1.807) is 25.3 Å². The molecule has 1 aliphatic rings. The van der Waals surface area contributed by atoms with Gasteiger partial charge in [-0.15, -0.1) is 0 Å². The topological polar surface area (TPSA) is 116 Å². The number of hydrogen-bond acceptors (Lipinski definition) is 7. The van der Waals surface area contributed by atoms with Crippen molar-refractivity contribution in [1.82, 2.24) is 15.3 Å². The van der Waals surface area contributed by atoms with Crippen LogP contribution in [0.4, 0.5) is 4.79 Å². The van der Waals surface area contributed by atoms with Crippen molar-refractivity contribution in [1.29, 1.82) is 0 Å². The second kappa shape index (κ2) is 9.38.